The van der Waals surface area contributed by atoms with Crippen molar-refractivity contribution < 1.29 is 17.9 Å². The van der Waals surface area contributed by atoms with E-state index in [4.69, 9.17) is 11.2 Å². The second-order valence-corrected chi connectivity index (χ2v) is 8.88. The summed E-state index contributed by atoms with van der Waals surface area (Å²) in [5.41, 5.74) is 1.62. The SMILES string of the molecule is C#CCOc1ccc(CCNC(=O)c2ccccc2S(=O)(=O)N(C)c2ccccc2)cc1. The number of carbonyl (C=O) groups excluding carboxylic acids is 1. The molecule has 3 rings (SSSR count). The molecule has 0 heterocycles. The van der Waals surface area contributed by atoms with Crippen LogP contribution in [-0.4, -0.2) is 34.5 Å². The molecule has 0 spiro atoms. The number of sulfonamides is 1. The van der Waals surface area contributed by atoms with Crippen molar-refractivity contribution in [3.63, 3.8) is 0 Å². The van der Waals surface area contributed by atoms with E-state index in [1.54, 1.807) is 36.4 Å². The van der Waals surface area contributed by atoms with Crippen LogP contribution in [0.3, 0.4) is 0 Å². The summed E-state index contributed by atoms with van der Waals surface area (Å²) < 4.78 is 32.9. The Labute approximate surface area is 188 Å². The number of terminal acetylenes is 1. The minimum atomic E-state index is -3.91. The molecule has 0 bridgehead atoms. The maximum absolute atomic E-state index is 13.2. The molecule has 0 aliphatic rings. The van der Waals surface area contributed by atoms with Crippen LogP contribution in [0.25, 0.3) is 0 Å². The van der Waals surface area contributed by atoms with Crippen LogP contribution in [0.5, 0.6) is 5.75 Å². The Morgan fingerprint density at radius 1 is 1.00 bits per heavy atom. The molecule has 0 unspecified atom stereocenters. The van der Waals surface area contributed by atoms with Crippen LogP contribution >= 0.6 is 0 Å². The van der Waals surface area contributed by atoms with Crippen LogP contribution in [0, 0.1) is 12.3 Å². The van der Waals surface area contributed by atoms with E-state index in [1.165, 1.54) is 23.5 Å². The molecule has 0 atom stereocenters. The monoisotopic (exact) mass is 448 g/mol. The standard InChI is InChI=1S/C25H24N2O4S/c1-3-19-31-22-15-13-20(14-16-22)17-18-26-25(28)23-11-7-8-12-24(23)32(29,30)27(2)21-9-5-4-6-10-21/h1,4-16H,17-19H2,2H3,(H,26,28). The van der Waals surface area contributed by atoms with Gasteiger partial charge in [0.25, 0.3) is 15.9 Å². The first-order valence-electron chi connectivity index (χ1n) is 10.00. The number of hydrogen-bond acceptors (Lipinski definition) is 4. The topological polar surface area (TPSA) is 75.7 Å². The Morgan fingerprint density at radius 2 is 1.66 bits per heavy atom. The highest BCUT2D eigenvalue weighted by molar-refractivity contribution is 7.92. The van der Waals surface area contributed by atoms with Crippen LogP contribution in [-0.2, 0) is 16.4 Å². The van der Waals surface area contributed by atoms with Gasteiger partial charge in [0, 0.05) is 13.6 Å². The summed E-state index contributed by atoms with van der Waals surface area (Å²) in [5, 5.41) is 2.81. The van der Waals surface area contributed by atoms with Crippen LogP contribution in [0.4, 0.5) is 5.69 Å². The molecule has 1 amide bonds. The third-order valence-corrected chi connectivity index (χ3v) is 6.68. The van der Waals surface area contributed by atoms with Crippen molar-refractivity contribution in [1.82, 2.24) is 5.32 Å². The normalized spacial score (nSPS) is 10.8. The molecule has 0 aliphatic carbocycles. The number of ether oxygens (including phenoxy) is 1. The summed E-state index contributed by atoms with van der Waals surface area (Å²) in [6.45, 7) is 0.559. The summed E-state index contributed by atoms with van der Waals surface area (Å²) >= 11 is 0. The van der Waals surface area contributed by atoms with Crippen molar-refractivity contribution in [2.24, 2.45) is 0 Å². The first kappa shape index (κ1) is 22.9. The van der Waals surface area contributed by atoms with E-state index in [0.29, 0.717) is 24.4 Å². The van der Waals surface area contributed by atoms with Crippen molar-refractivity contribution in [2.45, 2.75) is 11.3 Å². The fourth-order valence-electron chi connectivity index (χ4n) is 3.10. The Balaban J connectivity index is 1.68. The zero-order chi connectivity index (χ0) is 23.0. The second kappa shape index (κ2) is 10.5. The maximum atomic E-state index is 13.2. The van der Waals surface area contributed by atoms with Gasteiger partial charge in [0.1, 0.15) is 17.3 Å². The van der Waals surface area contributed by atoms with Crippen molar-refractivity contribution in [2.75, 3.05) is 24.5 Å². The molecule has 3 aromatic carbocycles. The van der Waals surface area contributed by atoms with Gasteiger partial charge in [0.05, 0.1) is 11.3 Å². The fourth-order valence-corrected chi connectivity index (χ4v) is 4.48. The van der Waals surface area contributed by atoms with Crippen molar-refractivity contribution in [3.05, 3.63) is 90.0 Å². The summed E-state index contributed by atoms with van der Waals surface area (Å²) in [6.07, 6.45) is 5.76. The minimum Gasteiger partial charge on any atom is -0.481 e. The van der Waals surface area contributed by atoms with Gasteiger partial charge in [0.2, 0.25) is 0 Å². The summed E-state index contributed by atoms with van der Waals surface area (Å²) in [5.74, 6) is 2.64. The average molecular weight is 449 g/mol. The molecular formula is C25H24N2O4S. The predicted octanol–water partition coefficient (Wildman–Crippen LogP) is 3.50. The lowest BCUT2D eigenvalue weighted by Gasteiger charge is -2.21. The average Bonchev–Trinajstić information content (AvgIpc) is 2.83. The van der Waals surface area contributed by atoms with Gasteiger partial charge in [-0.15, -0.1) is 6.42 Å². The zero-order valence-electron chi connectivity index (χ0n) is 17.7. The smallest absolute Gasteiger partial charge is 0.264 e. The van der Waals surface area contributed by atoms with Crippen molar-refractivity contribution in [1.29, 1.82) is 0 Å². The predicted molar refractivity (Wildman–Crippen MR) is 125 cm³/mol. The number of hydrogen-bond donors (Lipinski definition) is 1. The highest BCUT2D eigenvalue weighted by atomic mass is 32.2. The molecule has 6 nitrogen and oxygen atoms in total. The maximum Gasteiger partial charge on any atom is 0.264 e. The van der Waals surface area contributed by atoms with Gasteiger partial charge >= 0.3 is 0 Å². The van der Waals surface area contributed by atoms with E-state index in [2.05, 4.69) is 11.2 Å². The summed E-state index contributed by atoms with van der Waals surface area (Å²) in [7, 11) is -2.44. The van der Waals surface area contributed by atoms with E-state index in [-0.39, 0.29) is 17.1 Å². The Morgan fingerprint density at radius 3 is 2.34 bits per heavy atom. The molecule has 0 radical (unpaired) electrons. The molecule has 0 saturated heterocycles. The van der Waals surface area contributed by atoms with Gasteiger partial charge in [-0.1, -0.05) is 48.4 Å². The van der Waals surface area contributed by atoms with Gasteiger partial charge in [-0.2, -0.15) is 0 Å². The number of amides is 1. The zero-order valence-corrected chi connectivity index (χ0v) is 18.5. The lowest BCUT2D eigenvalue weighted by molar-refractivity contribution is 0.0951. The first-order chi connectivity index (χ1) is 15.4. The largest absolute Gasteiger partial charge is 0.481 e. The van der Waals surface area contributed by atoms with Gasteiger partial charge < -0.3 is 10.1 Å². The van der Waals surface area contributed by atoms with E-state index in [1.807, 2.05) is 30.3 Å². The number of rotatable bonds is 9. The van der Waals surface area contributed by atoms with Gasteiger partial charge in [-0.05, 0) is 48.4 Å². The van der Waals surface area contributed by atoms with Crippen molar-refractivity contribution >= 4 is 21.6 Å². The highest BCUT2D eigenvalue weighted by Crippen LogP contribution is 2.24. The molecule has 3 aromatic rings. The third-order valence-electron chi connectivity index (χ3n) is 4.83. The van der Waals surface area contributed by atoms with E-state index in [0.717, 1.165) is 5.56 Å². The van der Waals surface area contributed by atoms with Gasteiger partial charge in [-0.25, -0.2) is 8.42 Å². The number of benzene rings is 3. The second-order valence-electron chi connectivity index (χ2n) is 6.95. The number of nitrogens with zero attached hydrogens (tertiary/aromatic N) is 1. The lowest BCUT2D eigenvalue weighted by atomic mass is 10.1. The minimum absolute atomic E-state index is 0.0427. The number of nitrogens with one attached hydrogen (secondary N) is 1. The Kier molecular flexibility index (Phi) is 7.53. The molecule has 0 aliphatic heterocycles. The molecular weight excluding hydrogens is 424 g/mol. The van der Waals surface area contributed by atoms with Gasteiger partial charge in [-0.3, -0.25) is 9.10 Å². The number of carbonyl (C=O) groups is 1. The lowest BCUT2D eigenvalue weighted by Crippen LogP contribution is -2.31. The van der Waals surface area contributed by atoms with Crippen molar-refractivity contribution in [3.8, 4) is 18.1 Å². The van der Waals surface area contributed by atoms with Gasteiger partial charge in [0.15, 0.2) is 0 Å². The van der Waals surface area contributed by atoms with E-state index >= 15 is 0 Å². The Bertz CT molecular complexity index is 1200. The van der Waals surface area contributed by atoms with Crippen LogP contribution in [0.2, 0.25) is 0 Å². The third kappa shape index (κ3) is 5.48. The van der Waals surface area contributed by atoms with E-state index in [9.17, 15) is 13.2 Å². The fraction of sp³-hybridized carbons (Fsp3) is 0.160. The van der Waals surface area contributed by atoms with E-state index < -0.39 is 15.9 Å². The summed E-state index contributed by atoms with van der Waals surface area (Å²) in [6, 6.07) is 22.3. The summed E-state index contributed by atoms with van der Waals surface area (Å²) in [4.78, 5) is 12.8. The highest BCUT2D eigenvalue weighted by Gasteiger charge is 2.26. The molecule has 32 heavy (non-hydrogen) atoms. The number of anilines is 1. The number of para-hydroxylation sites is 1. The molecule has 1 N–H and O–H groups in total. The van der Waals surface area contributed by atoms with Crippen LogP contribution in [0.1, 0.15) is 15.9 Å². The molecule has 0 fully saturated rings. The first-order valence-corrected chi connectivity index (χ1v) is 11.4. The molecule has 7 heteroatoms. The molecule has 0 saturated carbocycles. The van der Waals surface area contributed by atoms with Crippen LogP contribution < -0.4 is 14.4 Å². The van der Waals surface area contributed by atoms with Crippen LogP contribution in [0.15, 0.2) is 83.8 Å². The molecule has 0 aromatic heterocycles. The Hall–Kier alpha value is -3.76. The quantitative estimate of drug-likeness (QED) is 0.509. The molecule has 164 valence electrons.